The number of carbonyl (C=O) groups is 2. The average molecular weight is 558 g/mol. The predicted molar refractivity (Wildman–Crippen MR) is 155 cm³/mol. The molecule has 0 aliphatic carbocycles. The fourth-order valence-electron chi connectivity index (χ4n) is 3.93. The van der Waals surface area contributed by atoms with Crippen LogP contribution in [0.3, 0.4) is 0 Å². The summed E-state index contributed by atoms with van der Waals surface area (Å²) in [4.78, 5) is 30.0. The van der Waals surface area contributed by atoms with E-state index in [1.807, 2.05) is 36.4 Å². The highest BCUT2D eigenvalue weighted by Crippen LogP contribution is 2.25. The summed E-state index contributed by atoms with van der Waals surface area (Å²) in [5, 5.41) is 4.05. The summed E-state index contributed by atoms with van der Waals surface area (Å²) in [5.74, 6) is 0.376. The third-order valence-electron chi connectivity index (χ3n) is 6.06. The SMILES string of the molecule is CCCCNC(=O)[C@H](Cc1ccccc1)N(Cc1ccc(Cl)cc1Cl)C(=O)CCSc1ccc(C)cc1. The van der Waals surface area contributed by atoms with Gasteiger partial charge in [0.1, 0.15) is 6.04 Å². The number of unbranched alkanes of at least 4 members (excludes halogenated alkanes) is 1. The molecule has 0 unspecified atom stereocenters. The maximum absolute atomic E-state index is 13.7. The van der Waals surface area contributed by atoms with Crippen molar-refractivity contribution in [2.75, 3.05) is 12.3 Å². The van der Waals surface area contributed by atoms with E-state index in [0.29, 0.717) is 35.2 Å². The Kier molecular flexibility index (Phi) is 11.8. The number of aryl methyl sites for hydroxylation is 1. The van der Waals surface area contributed by atoms with Gasteiger partial charge in [0, 0.05) is 46.6 Å². The molecule has 1 atom stereocenters. The van der Waals surface area contributed by atoms with E-state index in [4.69, 9.17) is 23.2 Å². The van der Waals surface area contributed by atoms with Gasteiger partial charge in [0.2, 0.25) is 11.8 Å². The Balaban J connectivity index is 1.85. The minimum atomic E-state index is -0.664. The van der Waals surface area contributed by atoms with Gasteiger partial charge >= 0.3 is 0 Å². The predicted octanol–water partition coefficient (Wildman–Crippen LogP) is 7.34. The zero-order valence-corrected chi connectivity index (χ0v) is 23.7. The van der Waals surface area contributed by atoms with Gasteiger partial charge in [-0.05, 0) is 48.7 Å². The fraction of sp³-hybridized carbons (Fsp3) is 0.333. The third-order valence-corrected chi connectivity index (χ3v) is 7.66. The van der Waals surface area contributed by atoms with Crippen molar-refractivity contribution in [2.24, 2.45) is 0 Å². The minimum Gasteiger partial charge on any atom is -0.354 e. The summed E-state index contributed by atoms with van der Waals surface area (Å²) in [6.45, 7) is 4.93. The number of hydrogen-bond acceptors (Lipinski definition) is 3. The second kappa shape index (κ2) is 15.1. The fourth-order valence-corrected chi connectivity index (χ4v) is 5.24. The van der Waals surface area contributed by atoms with E-state index in [9.17, 15) is 9.59 Å². The molecule has 196 valence electrons. The number of carbonyl (C=O) groups excluding carboxylic acids is 2. The van der Waals surface area contributed by atoms with Crippen LogP contribution in [0.25, 0.3) is 0 Å². The van der Waals surface area contributed by atoms with Crippen LogP contribution >= 0.6 is 35.0 Å². The van der Waals surface area contributed by atoms with Gasteiger partial charge in [0.05, 0.1) is 0 Å². The van der Waals surface area contributed by atoms with Crippen molar-refractivity contribution in [3.8, 4) is 0 Å². The molecule has 1 N–H and O–H groups in total. The van der Waals surface area contributed by atoms with E-state index in [1.165, 1.54) is 5.56 Å². The Morgan fingerprint density at radius 2 is 1.73 bits per heavy atom. The lowest BCUT2D eigenvalue weighted by molar-refractivity contribution is -0.141. The molecule has 3 aromatic carbocycles. The Bertz CT molecular complexity index is 1160. The highest BCUT2D eigenvalue weighted by Gasteiger charge is 2.30. The van der Waals surface area contributed by atoms with E-state index < -0.39 is 6.04 Å². The van der Waals surface area contributed by atoms with Gasteiger partial charge in [-0.25, -0.2) is 0 Å². The molecule has 0 bridgehead atoms. The molecule has 4 nitrogen and oxygen atoms in total. The van der Waals surface area contributed by atoms with Gasteiger partial charge in [0.15, 0.2) is 0 Å². The highest BCUT2D eigenvalue weighted by molar-refractivity contribution is 7.99. The van der Waals surface area contributed by atoms with Gasteiger partial charge < -0.3 is 10.2 Å². The highest BCUT2D eigenvalue weighted by atomic mass is 35.5. The van der Waals surface area contributed by atoms with Gasteiger partial charge in [-0.1, -0.05) is 90.6 Å². The third kappa shape index (κ3) is 9.41. The van der Waals surface area contributed by atoms with E-state index in [0.717, 1.165) is 28.9 Å². The van der Waals surface area contributed by atoms with Gasteiger partial charge in [-0.15, -0.1) is 11.8 Å². The van der Waals surface area contributed by atoms with Crippen molar-refractivity contribution in [2.45, 2.75) is 57.0 Å². The van der Waals surface area contributed by atoms with Crippen molar-refractivity contribution in [1.82, 2.24) is 10.2 Å². The van der Waals surface area contributed by atoms with E-state index in [-0.39, 0.29) is 18.4 Å². The second-order valence-electron chi connectivity index (χ2n) is 9.02. The van der Waals surface area contributed by atoms with Crippen LogP contribution in [0.4, 0.5) is 0 Å². The molecule has 0 saturated heterocycles. The lowest BCUT2D eigenvalue weighted by Crippen LogP contribution is -2.50. The molecule has 2 amide bonds. The monoisotopic (exact) mass is 556 g/mol. The summed E-state index contributed by atoms with van der Waals surface area (Å²) in [7, 11) is 0. The first-order valence-corrected chi connectivity index (χ1v) is 14.4. The minimum absolute atomic E-state index is 0.0859. The topological polar surface area (TPSA) is 49.4 Å². The van der Waals surface area contributed by atoms with Crippen molar-refractivity contribution in [1.29, 1.82) is 0 Å². The molecular weight excluding hydrogens is 523 g/mol. The van der Waals surface area contributed by atoms with Crippen molar-refractivity contribution < 1.29 is 9.59 Å². The smallest absolute Gasteiger partial charge is 0.243 e. The molecule has 3 rings (SSSR count). The Morgan fingerprint density at radius 1 is 1.00 bits per heavy atom. The number of hydrogen-bond donors (Lipinski definition) is 1. The van der Waals surface area contributed by atoms with Crippen LogP contribution < -0.4 is 5.32 Å². The molecule has 0 radical (unpaired) electrons. The number of thioether (sulfide) groups is 1. The summed E-state index contributed by atoms with van der Waals surface area (Å²) in [5.41, 5.74) is 2.95. The van der Waals surface area contributed by atoms with E-state index in [1.54, 1.807) is 28.8 Å². The van der Waals surface area contributed by atoms with Crippen LogP contribution in [0.2, 0.25) is 10.0 Å². The first-order chi connectivity index (χ1) is 17.9. The number of rotatable bonds is 13. The number of nitrogens with zero attached hydrogens (tertiary/aromatic N) is 1. The Morgan fingerprint density at radius 3 is 2.41 bits per heavy atom. The zero-order valence-electron chi connectivity index (χ0n) is 21.4. The quantitative estimate of drug-likeness (QED) is 0.177. The number of amides is 2. The molecule has 0 aliphatic heterocycles. The first-order valence-electron chi connectivity index (χ1n) is 12.6. The molecule has 3 aromatic rings. The molecule has 0 spiro atoms. The zero-order chi connectivity index (χ0) is 26.6. The van der Waals surface area contributed by atoms with Gasteiger partial charge in [-0.3, -0.25) is 9.59 Å². The summed E-state index contributed by atoms with van der Waals surface area (Å²) >= 11 is 14.2. The van der Waals surface area contributed by atoms with Gasteiger partial charge in [-0.2, -0.15) is 0 Å². The van der Waals surface area contributed by atoms with Crippen LogP contribution in [0, 0.1) is 6.92 Å². The van der Waals surface area contributed by atoms with Crippen LogP contribution in [0.5, 0.6) is 0 Å². The molecule has 0 fully saturated rings. The first kappa shape index (κ1) is 29.1. The van der Waals surface area contributed by atoms with Crippen molar-refractivity contribution in [3.05, 3.63) is 99.5 Å². The lowest BCUT2D eigenvalue weighted by Gasteiger charge is -2.32. The summed E-state index contributed by atoms with van der Waals surface area (Å²) in [6.07, 6.45) is 2.58. The lowest BCUT2D eigenvalue weighted by atomic mass is 10.0. The van der Waals surface area contributed by atoms with Gasteiger partial charge in [0.25, 0.3) is 0 Å². The summed E-state index contributed by atoms with van der Waals surface area (Å²) in [6, 6.07) is 22.6. The maximum atomic E-state index is 13.7. The molecule has 0 aromatic heterocycles. The molecule has 7 heteroatoms. The number of benzene rings is 3. The summed E-state index contributed by atoms with van der Waals surface area (Å²) < 4.78 is 0. The standard InChI is InChI=1S/C30H34Cl2N2O2S/c1-3-4-17-33-30(36)28(19-23-8-6-5-7-9-23)34(21-24-12-13-25(31)20-27(24)32)29(35)16-18-37-26-14-10-22(2)11-15-26/h5-15,20,28H,3-4,16-19,21H2,1-2H3,(H,33,36)/t28-/m0/s1. The Hall–Kier alpha value is -2.47. The normalized spacial score (nSPS) is 11.7. The van der Waals surface area contributed by atoms with E-state index >= 15 is 0 Å². The maximum Gasteiger partial charge on any atom is 0.243 e. The Labute approximate surface area is 234 Å². The van der Waals surface area contributed by atoms with Crippen LogP contribution in [-0.4, -0.2) is 35.1 Å². The van der Waals surface area contributed by atoms with Crippen LogP contribution in [0.15, 0.2) is 77.7 Å². The molecule has 37 heavy (non-hydrogen) atoms. The molecular formula is C30H34Cl2N2O2S. The molecule has 0 aliphatic rings. The van der Waals surface area contributed by atoms with Crippen LogP contribution in [0.1, 0.15) is 42.9 Å². The number of nitrogens with one attached hydrogen (secondary N) is 1. The second-order valence-corrected chi connectivity index (χ2v) is 11.0. The average Bonchev–Trinajstić information content (AvgIpc) is 2.89. The van der Waals surface area contributed by atoms with Crippen molar-refractivity contribution >= 4 is 46.8 Å². The number of halogens is 2. The molecule has 0 heterocycles. The van der Waals surface area contributed by atoms with Crippen LogP contribution in [-0.2, 0) is 22.6 Å². The molecule has 0 saturated carbocycles. The van der Waals surface area contributed by atoms with Crippen molar-refractivity contribution in [3.63, 3.8) is 0 Å². The van der Waals surface area contributed by atoms with E-state index in [2.05, 4.69) is 43.4 Å². The largest absolute Gasteiger partial charge is 0.354 e.